The number of ketones is 1. The summed E-state index contributed by atoms with van der Waals surface area (Å²) in [6, 6.07) is 9.97. The van der Waals surface area contributed by atoms with E-state index in [0.29, 0.717) is 18.8 Å². The summed E-state index contributed by atoms with van der Waals surface area (Å²) in [5.74, 6) is -1.15. The third kappa shape index (κ3) is 4.24. The number of aromatic nitrogens is 1. The predicted molar refractivity (Wildman–Crippen MR) is 135 cm³/mol. The van der Waals surface area contributed by atoms with Gasteiger partial charge in [0.15, 0.2) is 0 Å². The topological polar surface area (TPSA) is 84.2 Å². The third-order valence-electron chi connectivity index (χ3n) is 6.28. The molecule has 0 aliphatic carbocycles. The molecule has 1 amide bonds. The Balaban J connectivity index is 1.98. The molecule has 8 nitrogen and oxygen atoms in total. The standard InChI is InChI=1S/C26H28ClN3O5/c1-28(2)10-11-30-23(17-14-29(3)19-9-7-6-8-15(17)19)22(25(32)26(30)33)24(31)16-12-18(27)21(35-5)13-20(16)34-4/h6-9,12-14,23,31H,10-11H2,1-5H3/b24-22+. The largest absolute Gasteiger partial charge is 0.507 e. The Morgan fingerprint density at radius 3 is 2.46 bits per heavy atom. The highest BCUT2D eigenvalue weighted by Crippen LogP contribution is 2.44. The van der Waals surface area contributed by atoms with E-state index in [2.05, 4.69) is 0 Å². The fraction of sp³-hybridized carbons (Fsp3) is 0.308. The van der Waals surface area contributed by atoms with Gasteiger partial charge >= 0.3 is 0 Å². The van der Waals surface area contributed by atoms with Crippen molar-refractivity contribution in [3.8, 4) is 11.5 Å². The quantitative estimate of drug-likeness (QED) is 0.303. The monoisotopic (exact) mass is 497 g/mol. The maximum Gasteiger partial charge on any atom is 0.295 e. The number of halogens is 1. The Morgan fingerprint density at radius 2 is 1.80 bits per heavy atom. The van der Waals surface area contributed by atoms with Gasteiger partial charge in [-0.3, -0.25) is 9.59 Å². The number of fused-ring (bicyclic) bond motifs is 1. The molecule has 0 radical (unpaired) electrons. The molecule has 4 rings (SSSR count). The number of carbonyl (C=O) groups is 2. The Morgan fingerprint density at radius 1 is 1.11 bits per heavy atom. The Hall–Kier alpha value is -3.49. The van der Waals surface area contributed by atoms with Crippen LogP contribution in [0.15, 0.2) is 48.2 Å². The van der Waals surface area contributed by atoms with Crippen molar-refractivity contribution in [2.45, 2.75) is 6.04 Å². The van der Waals surface area contributed by atoms with Gasteiger partial charge in [0, 0.05) is 48.9 Å². The first-order valence-corrected chi connectivity index (χ1v) is 11.5. The number of aliphatic hydroxyl groups excluding tert-OH is 1. The highest BCUT2D eigenvalue weighted by Gasteiger charge is 2.47. The van der Waals surface area contributed by atoms with Crippen LogP contribution in [0.4, 0.5) is 0 Å². The number of aliphatic hydroxyl groups is 1. The number of hydrogen-bond acceptors (Lipinski definition) is 6. The van der Waals surface area contributed by atoms with Gasteiger partial charge in [-0.15, -0.1) is 0 Å². The number of hydrogen-bond donors (Lipinski definition) is 1. The van der Waals surface area contributed by atoms with Crippen molar-refractivity contribution in [3.63, 3.8) is 0 Å². The van der Waals surface area contributed by atoms with Gasteiger partial charge in [0.05, 0.1) is 36.4 Å². The molecular weight excluding hydrogens is 470 g/mol. The summed E-state index contributed by atoms with van der Waals surface area (Å²) >= 11 is 6.34. The van der Waals surface area contributed by atoms with Crippen molar-refractivity contribution >= 4 is 40.0 Å². The summed E-state index contributed by atoms with van der Waals surface area (Å²) in [6.45, 7) is 0.856. The molecule has 1 saturated heterocycles. The second kappa shape index (κ2) is 9.64. The molecule has 3 aromatic rings. The fourth-order valence-electron chi connectivity index (χ4n) is 4.52. The summed E-state index contributed by atoms with van der Waals surface area (Å²) in [4.78, 5) is 30.1. The molecule has 1 aliphatic heterocycles. The number of likely N-dealkylation sites (N-methyl/N-ethyl adjacent to an activating group) is 1. The lowest BCUT2D eigenvalue weighted by Crippen LogP contribution is -2.35. The van der Waals surface area contributed by atoms with Gasteiger partial charge in [0.1, 0.15) is 17.3 Å². The number of likely N-dealkylation sites (tertiary alicyclic amines) is 1. The van der Waals surface area contributed by atoms with Crippen LogP contribution in [-0.4, -0.2) is 72.6 Å². The summed E-state index contributed by atoms with van der Waals surface area (Å²) in [6.07, 6.45) is 1.90. The lowest BCUT2D eigenvalue weighted by molar-refractivity contribution is -0.140. The van der Waals surface area contributed by atoms with E-state index < -0.39 is 17.7 Å². The van der Waals surface area contributed by atoms with Crippen LogP contribution in [0.3, 0.4) is 0 Å². The zero-order valence-corrected chi connectivity index (χ0v) is 21.1. The van der Waals surface area contributed by atoms with Gasteiger partial charge < -0.3 is 28.9 Å². The number of nitrogens with zero attached hydrogens (tertiary/aromatic N) is 3. The molecule has 184 valence electrons. The lowest BCUT2D eigenvalue weighted by atomic mass is 9.94. The number of Topliss-reactive ketones (excluding diaryl/α,β-unsaturated/α-hetero) is 1. The summed E-state index contributed by atoms with van der Waals surface area (Å²) in [5, 5.41) is 12.6. The van der Waals surface area contributed by atoms with E-state index in [-0.39, 0.29) is 27.7 Å². The van der Waals surface area contributed by atoms with Crippen LogP contribution in [0.5, 0.6) is 11.5 Å². The number of methoxy groups -OCH3 is 2. The van der Waals surface area contributed by atoms with Gasteiger partial charge in [0.2, 0.25) is 0 Å². The highest BCUT2D eigenvalue weighted by molar-refractivity contribution is 6.46. The van der Waals surface area contributed by atoms with Crippen LogP contribution >= 0.6 is 11.6 Å². The van der Waals surface area contributed by atoms with Crippen molar-refractivity contribution < 1.29 is 24.2 Å². The molecule has 0 bridgehead atoms. The Kier molecular flexibility index (Phi) is 6.78. The summed E-state index contributed by atoms with van der Waals surface area (Å²) < 4.78 is 12.7. The highest BCUT2D eigenvalue weighted by atomic mass is 35.5. The van der Waals surface area contributed by atoms with Gasteiger partial charge in [0.25, 0.3) is 11.7 Å². The Bertz CT molecular complexity index is 1340. The van der Waals surface area contributed by atoms with Crippen LogP contribution in [0.1, 0.15) is 17.2 Å². The maximum absolute atomic E-state index is 13.4. The summed E-state index contributed by atoms with van der Waals surface area (Å²) in [5.41, 5.74) is 1.89. The predicted octanol–water partition coefficient (Wildman–Crippen LogP) is 3.83. The van der Waals surface area contributed by atoms with Crippen molar-refractivity contribution in [2.75, 3.05) is 41.4 Å². The molecule has 1 N–H and O–H groups in total. The van der Waals surface area contributed by atoms with Gasteiger partial charge in [-0.25, -0.2) is 0 Å². The third-order valence-corrected chi connectivity index (χ3v) is 6.57. The minimum atomic E-state index is -0.786. The number of rotatable bonds is 7. The molecular formula is C26H28ClN3O5. The average molecular weight is 498 g/mol. The van der Waals surface area contributed by atoms with Crippen LogP contribution in [-0.2, 0) is 16.6 Å². The molecule has 2 heterocycles. The first-order valence-electron chi connectivity index (χ1n) is 11.1. The van der Waals surface area contributed by atoms with Crippen molar-refractivity contribution in [2.24, 2.45) is 7.05 Å². The molecule has 1 aliphatic rings. The number of amides is 1. The number of ether oxygens (including phenoxy) is 2. The van der Waals surface area contributed by atoms with Crippen molar-refractivity contribution in [1.82, 2.24) is 14.4 Å². The smallest absolute Gasteiger partial charge is 0.295 e. The molecule has 1 atom stereocenters. The molecule has 1 aromatic heterocycles. The van der Waals surface area contributed by atoms with Crippen LogP contribution in [0, 0.1) is 0 Å². The number of aryl methyl sites for hydroxylation is 1. The van der Waals surface area contributed by atoms with E-state index >= 15 is 0 Å². The van der Waals surface area contributed by atoms with Gasteiger partial charge in [-0.1, -0.05) is 29.8 Å². The van der Waals surface area contributed by atoms with Gasteiger partial charge in [-0.05, 0) is 26.2 Å². The van der Waals surface area contributed by atoms with Crippen LogP contribution < -0.4 is 9.47 Å². The van der Waals surface area contributed by atoms with Gasteiger partial charge in [-0.2, -0.15) is 0 Å². The second-order valence-corrected chi connectivity index (χ2v) is 9.10. The van der Waals surface area contributed by atoms with E-state index in [1.807, 2.05) is 61.1 Å². The molecule has 35 heavy (non-hydrogen) atoms. The average Bonchev–Trinajstić information content (AvgIpc) is 3.30. The first kappa shape index (κ1) is 24.6. The van der Waals surface area contributed by atoms with Crippen LogP contribution in [0.2, 0.25) is 5.02 Å². The van der Waals surface area contributed by atoms with Crippen molar-refractivity contribution in [1.29, 1.82) is 0 Å². The second-order valence-electron chi connectivity index (χ2n) is 8.70. The van der Waals surface area contributed by atoms with E-state index in [4.69, 9.17) is 21.1 Å². The van der Waals surface area contributed by atoms with Crippen molar-refractivity contribution in [3.05, 3.63) is 64.3 Å². The zero-order chi connectivity index (χ0) is 25.4. The molecule has 0 saturated carbocycles. The SMILES string of the molecule is COc1cc(OC)c(/C(O)=C2\C(=O)C(=O)N(CCN(C)C)C2c2cn(C)c3ccccc23)cc1Cl. The molecule has 0 spiro atoms. The molecule has 9 heteroatoms. The van der Waals surface area contributed by atoms with Crippen LogP contribution in [0.25, 0.3) is 16.7 Å². The maximum atomic E-state index is 13.4. The fourth-order valence-corrected chi connectivity index (χ4v) is 4.76. The molecule has 2 aromatic carbocycles. The zero-order valence-electron chi connectivity index (χ0n) is 20.3. The molecule has 1 fully saturated rings. The molecule has 1 unspecified atom stereocenters. The normalized spacial score (nSPS) is 17.6. The minimum absolute atomic E-state index is 0.00959. The van der Waals surface area contributed by atoms with E-state index in [0.717, 1.165) is 16.5 Å². The summed E-state index contributed by atoms with van der Waals surface area (Å²) in [7, 11) is 8.61. The first-order chi connectivity index (χ1) is 16.7. The van der Waals surface area contributed by atoms with E-state index in [1.54, 1.807) is 0 Å². The number of benzene rings is 2. The number of para-hydroxylation sites is 1. The van der Waals surface area contributed by atoms with E-state index in [1.165, 1.54) is 31.3 Å². The number of carbonyl (C=O) groups excluding carboxylic acids is 2. The Labute approximate surface area is 208 Å². The minimum Gasteiger partial charge on any atom is -0.507 e. The lowest BCUT2D eigenvalue weighted by Gasteiger charge is -2.26. The van der Waals surface area contributed by atoms with E-state index in [9.17, 15) is 14.7 Å².